The first-order valence-electron chi connectivity index (χ1n) is 11.0. The molecule has 1 aliphatic rings. The molecule has 0 saturated carbocycles. The second-order valence-electron chi connectivity index (χ2n) is 9.09. The molecule has 1 fully saturated rings. The predicted octanol–water partition coefficient (Wildman–Crippen LogP) is 4.09. The molecule has 178 valence electrons. The van der Waals surface area contributed by atoms with Gasteiger partial charge < -0.3 is 15.0 Å². The summed E-state index contributed by atoms with van der Waals surface area (Å²) in [5.41, 5.74) is 1.13. The van der Waals surface area contributed by atoms with Crippen LogP contribution in [0.3, 0.4) is 0 Å². The molecule has 0 radical (unpaired) electrons. The Morgan fingerprint density at radius 1 is 1.19 bits per heavy atom. The number of sulfone groups is 1. The van der Waals surface area contributed by atoms with Crippen molar-refractivity contribution < 1.29 is 13.2 Å². The van der Waals surface area contributed by atoms with E-state index in [1.54, 1.807) is 12.1 Å². The number of nitrogens with zero attached hydrogens (tertiary/aromatic N) is 2. The molecule has 1 aliphatic heterocycles. The van der Waals surface area contributed by atoms with Gasteiger partial charge in [-0.05, 0) is 55.2 Å². The fourth-order valence-electron chi connectivity index (χ4n) is 3.54. The largest absolute Gasteiger partial charge is 0.381 e. The summed E-state index contributed by atoms with van der Waals surface area (Å²) in [6, 6.07) is 7.24. The van der Waals surface area contributed by atoms with Crippen molar-refractivity contribution in [1.82, 2.24) is 10.2 Å². The maximum atomic E-state index is 12.7. The SMILES string of the molecule is CCNC(=NCCS(=O)(=O)c1ccc(C(C)(C)C)cc1)N(C)CCC1CCOCC1.I. The van der Waals surface area contributed by atoms with E-state index in [-0.39, 0.29) is 41.7 Å². The summed E-state index contributed by atoms with van der Waals surface area (Å²) in [4.78, 5) is 7.04. The second-order valence-corrected chi connectivity index (χ2v) is 11.2. The standard InChI is InChI=1S/C23H39N3O3S.HI/c1-6-24-22(26(5)15-11-19-12-16-29-17-13-19)25-14-18-30(27,28)21-9-7-20(8-10-21)23(2,3)4;/h7-10,19H,6,11-18H2,1-5H3,(H,24,25);1H. The minimum absolute atomic E-state index is 0. The van der Waals surface area contributed by atoms with Gasteiger partial charge in [-0.2, -0.15) is 0 Å². The lowest BCUT2D eigenvalue weighted by molar-refractivity contribution is 0.0625. The predicted molar refractivity (Wildman–Crippen MR) is 139 cm³/mol. The van der Waals surface area contributed by atoms with Gasteiger partial charge in [-0.3, -0.25) is 4.99 Å². The van der Waals surface area contributed by atoms with E-state index >= 15 is 0 Å². The van der Waals surface area contributed by atoms with Gasteiger partial charge in [0.25, 0.3) is 0 Å². The highest BCUT2D eigenvalue weighted by Gasteiger charge is 2.18. The first-order valence-corrected chi connectivity index (χ1v) is 12.7. The third-order valence-corrected chi connectivity index (χ3v) is 7.32. The zero-order valence-electron chi connectivity index (χ0n) is 19.7. The van der Waals surface area contributed by atoms with Crippen LogP contribution in [0.5, 0.6) is 0 Å². The molecule has 0 spiro atoms. The van der Waals surface area contributed by atoms with Gasteiger partial charge in [0.15, 0.2) is 15.8 Å². The van der Waals surface area contributed by atoms with Gasteiger partial charge in [0.1, 0.15) is 0 Å². The van der Waals surface area contributed by atoms with E-state index in [0.717, 1.165) is 57.1 Å². The van der Waals surface area contributed by atoms with E-state index in [0.29, 0.717) is 10.8 Å². The van der Waals surface area contributed by atoms with E-state index in [4.69, 9.17) is 4.74 Å². The van der Waals surface area contributed by atoms with Crippen LogP contribution in [-0.2, 0) is 20.0 Å². The zero-order valence-corrected chi connectivity index (χ0v) is 22.8. The molecule has 1 saturated heterocycles. The Kier molecular flexibility index (Phi) is 11.8. The summed E-state index contributed by atoms with van der Waals surface area (Å²) in [5, 5.41) is 3.28. The number of hydrogen-bond acceptors (Lipinski definition) is 4. The van der Waals surface area contributed by atoms with Gasteiger partial charge in [-0.1, -0.05) is 32.9 Å². The van der Waals surface area contributed by atoms with Crippen LogP contribution in [0.15, 0.2) is 34.2 Å². The van der Waals surface area contributed by atoms with Crippen LogP contribution < -0.4 is 5.32 Å². The summed E-state index contributed by atoms with van der Waals surface area (Å²) >= 11 is 0. The van der Waals surface area contributed by atoms with Crippen molar-refractivity contribution in [1.29, 1.82) is 0 Å². The third kappa shape index (κ3) is 9.26. The highest BCUT2D eigenvalue weighted by atomic mass is 127. The van der Waals surface area contributed by atoms with Crippen LogP contribution in [0.4, 0.5) is 0 Å². The molecule has 31 heavy (non-hydrogen) atoms. The maximum Gasteiger partial charge on any atom is 0.193 e. The normalized spacial score (nSPS) is 16.0. The number of guanidine groups is 1. The molecule has 1 aromatic carbocycles. The molecule has 1 aromatic rings. The van der Waals surface area contributed by atoms with Gasteiger partial charge in [0.2, 0.25) is 0 Å². The van der Waals surface area contributed by atoms with Crippen molar-refractivity contribution in [2.24, 2.45) is 10.9 Å². The molecule has 6 nitrogen and oxygen atoms in total. The van der Waals surface area contributed by atoms with Gasteiger partial charge in [0.05, 0.1) is 17.2 Å². The van der Waals surface area contributed by atoms with Crippen molar-refractivity contribution in [3.05, 3.63) is 29.8 Å². The second kappa shape index (κ2) is 13.0. The van der Waals surface area contributed by atoms with Crippen LogP contribution in [0.25, 0.3) is 0 Å². The smallest absolute Gasteiger partial charge is 0.193 e. The number of hydrogen-bond donors (Lipinski definition) is 1. The highest BCUT2D eigenvalue weighted by molar-refractivity contribution is 14.0. The molecule has 1 N–H and O–H groups in total. The Hall–Kier alpha value is -0.870. The fraction of sp³-hybridized carbons (Fsp3) is 0.696. The van der Waals surface area contributed by atoms with Gasteiger partial charge >= 0.3 is 0 Å². The van der Waals surface area contributed by atoms with E-state index in [1.165, 1.54) is 0 Å². The molecule has 0 aromatic heterocycles. The van der Waals surface area contributed by atoms with Gasteiger partial charge in [-0.15, -0.1) is 24.0 Å². The lowest BCUT2D eigenvalue weighted by Crippen LogP contribution is -2.40. The first kappa shape index (κ1) is 28.2. The Labute approximate surface area is 206 Å². The van der Waals surface area contributed by atoms with E-state index in [1.807, 2.05) is 26.1 Å². The van der Waals surface area contributed by atoms with Crippen LogP contribution in [0.1, 0.15) is 52.5 Å². The lowest BCUT2D eigenvalue weighted by atomic mass is 9.87. The molecular formula is C23H40IN3O3S. The minimum atomic E-state index is -3.36. The minimum Gasteiger partial charge on any atom is -0.381 e. The Morgan fingerprint density at radius 2 is 1.81 bits per heavy atom. The topological polar surface area (TPSA) is 71.0 Å². The number of benzene rings is 1. The summed E-state index contributed by atoms with van der Waals surface area (Å²) in [6.45, 7) is 12.0. The van der Waals surface area contributed by atoms with Crippen molar-refractivity contribution in [3.8, 4) is 0 Å². The summed E-state index contributed by atoms with van der Waals surface area (Å²) in [6.07, 6.45) is 3.34. The quantitative estimate of drug-likeness (QED) is 0.292. The molecule has 8 heteroatoms. The van der Waals surface area contributed by atoms with Crippen molar-refractivity contribution in [2.75, 3.05) is 45.6 Å². The van der Waals surface area contributed by atoms with Crippen LogP contribution in [0.2, 0.25) is 0 Å². The number of rotatable bonds is 8. The Bertz CT molecular complexity index is 783. The van der Waals surface area contributed by atoms with E-state index in [2.05, 4.69) is 36.0 Å². The summed E-state index contributed by atoms with van der Waals surface area (Å²) < 4.78 is 30.9. The number of nitrogens with one attached hydrogen (secondary N) is 1. The first-order chi connectivity index (χ1) is 14.1. The van der Waals surface area contributed by atoms with Crippen LogP contribution in [-0.4, -0.2) is 64.9 Å². The summed E-state index contributed by atoms with van der Waals surface area (Å²) in [7, 11) is -1.34. The molecule has 0 bridgehead atoms. The zero-order chi connectivity index (χ0) is 22.2. The Balaban J connectivity index is 0.00000480. The third-order valence-electron chi connectivity index (χ3n) is 5.61. The molecule has 0 unspecified atom stereocenters. The maximum absolute atomic E-state index is 12.7. The van der Waals surface area contributed by atoms with E-state index in [9.17, 15) is 8.42 Å². The molecular weight excluding hydrogens is 525 g/mol. The molecule has 0 amide bonds. The lowest BCUT2D eigenvalue weighted by Gasteiger charge is -2.26. The Morgan fingerprint density at radius 3 is 2.35 bits per heavy atom. The van der Waals surface area contributed by atoms with Gasteiger partial charge in [-0.25, -0.2) is 8.42 Å². The molecule has 1 heterocycles. The van der Waals surface area contributed by atoms with Gasteiger partial charge in [0, 0.05) is 33.4 Å². The molecule has 0 atom stereocenters. The number of ether oxygens (including phenoxy) is 1. The monoisotopic (exact) mass is 565 g/mol. The van der Waals surface area contributed by atoms with E-state index < -0.39 is 9.84 Å². The highest BCUT2D eigenvalue weighted by Crippen LogP contribution is 2.24. The van der Waals surface area contributed by atoms with Crippen molar-refractivity contribution in [2.45, 2.75) is 57.3 Å². The van der Waals surface area contributed by atoms with Crippen LogP contribution >= 0.6 is 24.0 Å². The average molecular weight is 566 g/mol. The molecule has 0 aliphatic carbocycles. The summed E-state index contributed by atoms with van der Waals surface area (Å²) in [5.74, 6) is 1.47. The fourth-order valence-corrected chi connectivity index (χ4v) is 4.66. The van der Waals surface area contributed by atoms with Crippen LogP contribution in [0, 0.1) is 5.92 Å². The number of aliphatic imine (C=N–C) groups is 1. The molecule has 2 rings (SSSR count). The number of halogens is 1. The van der Waals surface area contributed by atoms with Crippen molar-refractivity contribution in [3.63, 3.8) is 0 Å². The average Bonchev–Trinajstić information content (AvgIpc) is 2.71. The van der Waals surface area contributed by atoms with Crippen molar-refractivity contribution >= 4 is 39.8 Å².